The summed E-state index contributed by atoms with van der Waals surface area (Å²) in [6.45, 7) is 3.68. The van der Waals surface area contributed by atoms with Crippen LogP contribution in [0, 0.1) is 0 Å². The van der Waals surface area contributed by atoms with E-state index in [1.165, 1.54) is 23.8 Å². The second-order valence-corrected chi connectivity index (χ2v) is 5.71. The van der Waals surface area contributed by atoms with Crippen LogP contribution in [0.2, 0.25) is 0 Å². The summed E-state index contributed by atoms with van der Waals surface area (Å²) in [6, 6.07) is 3.52. The van der Waals surface area contributed by atoms with Gasteiger partial charge in [0.2, 0.25) is 0 Å². The molecule has 6 heteroatoms. The number of thioether (sulfide) groups is 1. The molecule has 5 nitrogen and oxygen atoms in total. The van der Waals surface area contributed by atoms with Gasteiger partial charge >= 0.3 is 0 Å². The smallest absolute Gasteiger partial charge is 0.266 e. The molecule has 0 saturated carbocycles. The van der Waals surface area contributed by atoms with E-state index < -0.39 is 0 Å². The lowest BCUT2D eigenvalue weighted by Crippen LogP contribution is -2.23. The number of benzene rings is 1. The quantitative estimate of drug-likeness (QED) is 0.685. The Labute approximate surface area is 134 Å². The number of aromatic hydroxyl groups is 1. The average molecular weight is 318 g/mol. The van der Waals surface area contributed by atoms with Crippen molar-refractivity contribution in [1.82, 2.24) is 4.90 Å². The van der Waals surface area contributed by atoms with Crippen LogP contribution in [0.1, 0.15) is 11.1 Å². The molecule has 0 spiro atoms. The van der Waals surface area contributed by atoms with Crippen LogP contribution in [0.25, 0.3) is 6.08 Å². The van der Waals surface area contributed by atoms with Gasteiger partial charge in [-0.2, -0.15) is 0 Å². The average Bonchev–Trinajstić information content (AvgIpc) is 2.78. The van der Waals surface area contributed by atoms with E-state index in [1.54, 1.807) is 32.3 Å². The summed E-state index contributed by atoms with van der Waals surface area (Å²) in [5.41, 5.74) is 1.49. The first-order valence-corrected chi connectivity index (χ1v) is 7.48. The Morgan fingerprint density at radius 1 is 1.50 bits per heavy atom. The lowest BCUT2D eigenvalue weighted by atomic mass is 10.1. The van der Waals surface area contributed by atoms with Crippen LogP contribution in [-0.2, 0) is 11.2 Å². The van der Waals surface area contributed by atoms with E-state index in [4.69, 9.17) is 4.74 Å². The number of ether oxygens (including phenoxy) is 1. The number of phenolic OH excluding ortho intramolecular Hbond substituents is 1. The van der Waals surface area contributed by atoms with Crippen LogP contribution in [0.4, 0.5) is 0 Å². The zero-order chi connectivity index (χ0) is 16.3. The van der Waals surface area contributed by atoms with Crippen LogP contribution in [0.5, 0.6) is 11.5 Å². The largest absolute Gasteiger partial charge is 0.504 e. The Bertz CT molecular complexity index is 680. The van der Waals surface area contributed by atoms with Gasteiger partial charge in [-0.3, -0.25) is 14.7 Å². The Hall–Kier alpha value is -2.21. The van der Waals surface area contributed by atoms with Crippen molar-refractivity contribution in [3.8, 4) is 11.5 Å². The van der Waals surface area contributed by atoms with E-state index in [1.807, 2.05) is 6.07 Å². The number of amides is 1. The Morgan fingerprint density at radius 3 is 2.77 bits per heavy atom. The lowest BCUT2D eigenvalue weighted by Gasteiger charge is -2.09. The molecule has 1 saturated heterocycles. The second kappa shape index (κ2) is 6.70. The van der Waals surface area contributed by atoms with Gasteiger partial charge in [0.1, 0.15) is 0 Å². The van der Waals surface area contributed by atoms with Crippen molar-refractivity contribution in [2.75, 3.05) is 21.2 Å². The van der Waals surface area contributed by atoms with Crippen molar-refractivity contribution in [3.05, 3.63) is 40.8 Å². The molecule has 0 bridgehead atoms. The number of likely N-dealkylation sites (N-methyl/N-ethyl adjacent to an activating group) is 1. The van der Waals surface area contributed by atoms with Crippen LogP contribution in [-0.4, -0.2) is 42.3 Å². The maximum atomic E-state index is 12.2. The number of rotatable bonds is 4. The molecule has 1 aliphatic rings. The standard InChI is InChI=1S/C16H18N2O3S/c1-5-6-11-7-10(8-12(21-4)14(11)19)9-13-15(20)18(3)16(17-2)22-13/h5,7-9,19H,1,6H2,2-4H3/b13-9+,17-16?. The molecule has 116 valence electrons. The number of methoxy groups -OCH3 is 1. The van der Waals surface area contributed by atoms with E-state index in [0.29, 0.717) is 27.8 Å². The number of hydrogen-bond donors (Lipinski definition) is 1. The van der Waals surface area contributed by atoms with Gasteiger partial charge in [-0.1, -0.05) is 6.08 Å². The third-order valence-corrected chi connectivity index (χ3v) is 4.40. The number of allylic oxidation sites excluding steroid dienone is 1. The fourth-order valence-corrected chi connectivity index (χ4v) is 3.07. The maximum absolute atomic E-state index is 12.2. The third kappa shape index (κ3) is 3.01. The summed E-state index contributed by atoms with van der Waals surface area (Å²) < 4.78 is 5.19. The Kier molecular flexibility index (Phi) is 4.92. The van der Waals surface area contributed by atoms with E-state index in [-0.39, 0.29) is 11.7 Å². The summed E-state index contributed by atoms with van der Waals surface area (Å²) in [7, 11) is 4.84. The summed E-state index contributed by atoms with van der Waals surface area (Å²) in [4.78, 5) is 18.3. The topological polar surface area (TPSA) is 62.1 Å². The Morgan fingerprint density at radius 2 is 2.23 bits per heavy atom. The molecule has 0 atom stereocenters. The number of nitrogens with zero attached hydrogens (tertiary/aromatic N) is 2. The molecule has 22 heavy (non-hydrogen) atoms. The normalized spacial score (nSPS) is 18.3. The molecule has 1 aliphatic heterocycles. The van der Waals surface area contributed by atoms with Crippen LogP contribution >= 0.6 is 11.8 Å². The van der Waals surface area contributed by atoms with Crippen molar-refractivity contribution < 1.29 is 14.6 Å². The highest BCUT2D eigenvalue weighted by Gasteiger charge is 2.29. The predicted molar refractivity (Wildman–Crippen MR) is 90.3 cm³/mol. The summed E-state index contributed by atoms with van der Waals surface area (Å²) in [5.74, 6) is 0.380. The maximum Gasteiger partial charge on any atom is 0.266 e. The highest BCUT2D eigenvalue weighted by Crippen LogP contribution is 2.35. The van der Waals surface area contributed by atoms with Gasteiger partial charge in [0, 0.05) is 19.7 Å². The van der Waals surface area contributed by atoms with Crippen molar-refractivity contribution in [2.45, 2.75) is 6.42 Å². The first-order chi connectivity index (χ1) is 10.5. The third-order valence-electron chi connectivity index (χ3n) is 3.25. The number of carbonyl (C=O) groups excluding carboxylic acids is 1. The van der Waals surface area contributed by atoms with Gasteiger partial charge in [-0.05, 0) is 42.0 Å². The number of phenols is 1. The zero-order valence-corrected chi connectivity index (χ0v) is 13.6. The van der Waals surface area contributed by atoms with Gasteiger partial charge < -0.3 is 9.84 Å². The molecule has 0 radical (unpaired) electrons. The van der Waals surface area contributed by atoms with Gasteiger partial charge in [0.15, 0.2) is 16.7 Å². The van der Waals surface area contributed by atoms with Gasteiger partial charge in [-0.25, -0.2) is 0 Å². The van der Waals surface area contributed by atoms with Crippen molar-refractivity contribution >= 4 is 28.9 Å². The molecule has 1 aromatic carbocycles. The van der Waals surface area contributed by atoms with Gasteiger partial charge in [0.25, 0.3) is 5.91 Å². The minimum Gasteiger partial charge on any atom is -0.504 e. The van der Waals surface area contributed by atoms with Crippen molar-refractivity contribution in [3.63, 3.8) is 0 Å². The molecule has 2 rings (SSSR count). The molecule has 0 unspecified atom stereocenters. The van der Waals surface area contributed by atoms with Crippen LogP contribution < -0.4 is 4.74 Å². The van der Waals surface area contributed by atoms with E-state index in [9.17, 15) is 9.90 Å². The van der Waals surface area contributed by atoms with Crippen LogP contribution in [0.15, 0.2) is 34.7 Å². The molecule has 0 aromatic heterocycles. The van der Waals surface area contributed by atoms with E-state index >= 15 is 0 Å². The second-order valence-electron chi connectivity index (χ2n) is 4.70. The molecule has 0 aliphatic carbocycles. The lowest BCUT2D eigenvalue weighted by molar-refractivity contribution is -0.121. The molecule has 1 amide bonds. The first-order valence-electron chi connectivity index (χ1n) is 6.67. The minimum absolute atomic E-state index is 0.0945. The fraction of sp³-hybridized carbons (Fsp3) is 0.250. The van der Waals surface area contributed by atoms with Gasteiger partial charge in [-0.15, -0.1) is 6.58 Å². The molecular formula is C16H18N2O3S. The fourth-order valence-electron chi connectivity index (χ4n) is 2.14. The molecule has 1 N–H and O–H groups in total. The summed E-state index contributed by atoms with van der Waals surface area (Å²) >= 11 is 1.32. The van der Waals surface area contributed by atoms with Crippen LogP contribution in [0.3, 0.4) is 0 Å². The highest BCUT2D eigenvalue weighted by atomic mass is 32.2. The summed E-state index contributed by atoms with van der Waals surface area (Å²) in [5, 5.41) is 10.7. The van der Waals surface area contributed by atoms with Crippen molar-refractivity contribution in [2.24, 2.45) is 4.99 Å². The van der Waals surface area contributed by atoms with Crippen molar-refractivity contribution in [1.29, 1.82) is 0 Å². The van der Waals surface area contributed by atoms with E-state index in [0.717, 1.165) is 5.56 Å². The summed E-state index contributed by atoms with van der Waals surface area (Å²) in [6.07, 6.45) is 3.99. The molecule has 1 aromatic rings. The predicted octanol–water partition coefficient (Wildman–Crippen LogP) is 2.66. The minimum atomic E-state index is -0.0945. The number of hydrogen-bond acceptors (Lipinski definition) is 5. The monoisotopic (exact) mass is 318 g/mol. The SMILES string of the molecule is C=CCc1cc(/C=C2/SC(=NC)N(C)C2=O)cc(OC)c1O. The molecular weight excluding hydrogens is 300 g/mol. The molecule has 1 heterocycles. The van der Waals surface area contributed by atoms with Gasteiger partial charge in [0.05, 0.1) is 12.0 Å². The zero-order valence-electron chi connectivity index (χ0n) is 12.8. The number of aliphatic imine (C=N–C) groups is 1. The first kappa shape index (κ1) is 16.2. The number of amidine groups is 1. The number of carbonyl (C=O) groups is 1. The van der Waals surface area contributed by atoms with E-state index in [2.05, 4.69) is 11.6 Å². The highest BCUT2D eigenvalue weighted by molar-refractivity contribution is 8.18. The molecule has 1 fully saturated rings. The Balaban J connectivity index is 2.45.